The van der Waals surface area contributed by atoms with Crippen LogP contribution in [0.3, 0.4) is 0 Å². The van der Waals surface area contributed by atoms with Gasteiger partial charge >= 0.3 is 12.4 Å². The molecule has 0 saturated carbocycles. The minimum atomic E-state index is -5.31. The van der Waals surface area contributed by atoms with Crippen molar-refractivity contribution in [3.05, 3.63) is 0 Å². The molecule has 1 aliphatic rings. The molecule has 0 aromatic heterocycles. The standard InChI is InChI=1S/C10H15F6NO2/c11-9(12,13)8(10(14,15)16)1-2-17(7-8)3-5-19-6-4-18/h18H,1-7H2. The fourth-order valence-electron chi connectivity index (χ4n) is 2.06. The molecular weight excluding hydrogens is 280 g/mol. The molecule has 0 amide bonds. The van der Waals surface area contributed by atoms with Crippen molar-refractivity contribution in [3.8, 4) is 0 Å². The van der Waals surface area contributed by atoms with Crippen molar-refractivity contribution in [2.75, 3.05) is 39.5 Å². The lowest BCUT2D eigenvalue weighted by molar-refractivity contribution is -0.335. The second kappa shape index (κ2) is 5.84. The summed E-state index contributed by atoms with van der Waals surface area (Å²) in [5.41, 5.74) is -3.64. The molecule has 0 unspecified atom stereocenters. The van der Waals surface area contributed by atoms with Crippen molar-refractivity contribution in [1.82, 2.24) is 4.90 Å². The normalized spacial score (nSPS) is 21.0. The lowest BCUT2D eigenvalue weighted by Crippen LogP contribution is -2.51. The van der Waals surface area contributed by atoms with Crippen LogP contribution >= 0.6 is 0 Å². The molecule has 1 heterocycles. The van der Waals surface area contributed by atoms with E-state index < -0.39 is 30.7 Å². The predicted molar refractivity (Wildman–Crippen MR) is 53.5 cm³/mol. The summed E-state index contributed by atoms with van der Waals surface area (Å²) < 4.78 is 81.1. The Hall–Kier alpha value is -0.540. The summed E-state index contributed by atoms with van der Waals surface area (Å²) in [6, 6.07) is 0. The van der Waals surface area contributed by atoms with Crippen LogP contribution in [0.15, 0.2) is 0 Å². The van der Waals surface area contributed by atoms with Crippen molar-refractivity contribution < 1.29 is 36.2 Å². The summed E-state index contributed by atoms with van der Waals surface area (Å²) in [5, 5.41) is 8.42. The smallest absolute Gasteiger partial charge is 0.394 e. The Balaban J connectivity index is 2.64. The number of aliphatic hydroxyl groups is 1. The predicted octanol–water partition coefficient (Wildman–Crippen LogP) is 1.81. The Morgan fingerprint density at radius 2 is 1.63 bits per heavy atom. The van der Waals surface area contributed by atoms with Gasteiger partial charge in [0.2, 0.25) is 0 Å². The van der Waals surface area contributed by atoms with E-state index in [1.54, 1.807) is 0 Å². The Morgan fingerprint density at radius 3 is 2.05 bits per heavy atom. The fourth-order valence-corrected chi connectivity index (χ4v) is 2.06. The molecular formula is C10H15F6NO2. The lowest BCUT2D eigenvalue weighted by Gasteiger charge is -2.33. The van der Waals surface area contributed by atoms with E-state index in [0.29, 0.717) is 0 Å². The minimum absolute atomic E-state index is 0.00759. The maximum absolute atomic E-state index is 12.7. The van der Waals surface area contributed by atoms with Gasteiger partial charge in [0.1, 0.15) is 0 Å². The quantitative estimate of drug-likeness (QED) is 0.620. The Kier molecular flexibility index (Phi) is 5.08. The SMILES string of the molecule is OCCOCCN1CCC(C(F)(F)F)(C(F)(F)F)C1. The molecule has 1 aliphatic heterocycles. The maximum Gasteiger partial charge on any atom is 0.404 e. The number of halogens is 6. The van der Waals surface area contributed by atoms with E-state index in [-0.39, 0.29) is 32.9 Å². The zero-order valence-corrected chi connectivity index (χ0v) is 10.0. The summed E-state index contributed by atoms with van der Waals surface area (Å²) in [6.07, 6.45) is -11.6. The van der Waals surface area contributed by atoms with Crippen LogP contribution in [0, 0.1) is 5.41 Å². The van der Waals surface area contributed by atoms with Crippen LogP contribution in [-0.2, 0) is 4.74 Å². The van der Waals surface area contributed by atoms with Gasteiger partial charge in [0, 0.05) is 13.1 Å². The highest BCUT2D eigenvalue weighted by molar-refractivity contribution is 5.00. The van der Waals surface area contributed by atoms with Crippen molar-refractivity contribution in [2.24, 2.45) is 5.41 Å². The van der Waals surface area contributed by atoms with Gasteiger partial charge in [-0.1, -0.05) is 0 Å². The first-order chi connectivity index (χ1) is 8.64. The van der Waals surface area contributed by atoms with Crippen LogP contribution in [0.5, 0.6) is 0 Å². The van der Waals surface area contributed by atoms with Gasteiger partial charge in [0.15, 0.2) is 5.41 Å². The Labute approximate surface area is 106 Å². The van der Waals surface area contributed by atoms with Gasteiger partial charge in [0.05, 0.1) is 19.8 Å². The zero-order valence-electron chi connectivity index (χ0n) is 10.0. The number of likely N-dealkylation sites (tertiary alicyclic amines) is 1. The van der Waals surface area contributed by atoms with Crippen molar-refractivity contribution in [1.29, 1.82) is 0 Å². The van der Waals surface area contributed by atoms with Gasteiger partial charge in [-0.3, -0.25) is 4.90 Å². The van der Waals surface area contributed by atoms with E-state index in [1.165, 1.54) is 0 Å². The van der Waals surface area contributed by atoms with Crippen molar-refractivity contribution in [2.45, 2.75) is 18.8 Å². The Morgan fingerprint density at radius 1 is 1.05 bits per heavy atom. The Bertz CT molecular complexity index is 277. The number of nitrogens with zero attached hydrogens (tertiary/aromatic N) is 1. The molecule has 9 heteroatoms. The van der Waals surface area contributed by atoms with Gasteiger partial charge in [-0.15, -0.1) is 0 Å². The number of hydrogen-bond donors (Lipinski definition) is 1. The summed E-state index contributed by atoms with van der Waals surface area (Å²) in [5.74, 6) is 0. The van der Waals surface area contributed by atoms with Gasteiger partial charge in [-0.2, -0.15) is 26.3 Å². The lowest BCUT2D eigenvalue weighted by atomic mass is 9.85. The third kappa shape index (κ3) is 3.51. The third-order valence-corrected chi connectivity index (χ3v) is 3.22. The van der Waals surface area contributed by atoms with E-state index in [2.05, 4.69) is 0 Å². The molecule has 0 bridgehead atoms. The second-order valence-electron chi connectivity index (χ2n) is 4.44. The molecule has 114 valence electrons. The number of hydrogen-bond acceptors (Lipinski definition) is 3. The molecule has 1 fully saturated rings. The molecule has 0 aliphatic carbocycles. The third-order valence-electron chi connectivity index (χ3n) is 3.22. The monoisotopic (exact) mass is 295 g/mol. The van der Waals surface area contributed by atoms with Crippen LogP contribution in [0.4, 0.5) is 26.3 Å². The van der Waals surface area contributed by atoms with Gasteiger partial charge < -0.3 is 9.84 Å². The van der Waals surface area contributed by atoms with Crippen LogP contribution in [-0.4, -0.2) is 61.8 Å². The maximum atomic E-state index is 12.7. The minimum Gasteiger partial charge on any atom is -0.394 e. The molecule has 0 atom stereocenters. The van der Waals surface area contributed by atoms with E-state index in [0.717, 1.165) is 4.90 Å². The second-order valence-corrected chi connectivity index (χ2v) is 4.44. The first kappa shape index (κ1) is 16.5. The highest BCUT2D eigenvalue weighted by Crippen LogP contribution is 2.55. The first-order valence-electron chi connectivity index (χ1n) is 5.68. The largest absolute Gasteiger partial charge is 0.404 e. The van der Waals surface area contributed by atoms with E-state index in [4.69, 9.17) is 9.84 Å². The van der Waals surface area contributed by atoms with Crippen LogP contribution in [0.25, 0.3) is 0 Å². The van der Waals surface area contributed by atoms with Crippen molar-refractivity contribution >= 4 is 0 Å². The molecule has 0 aromatic carbocycles. The highest BCUT2D eigenvalue weighted by atomic mass is 19.4. The van der Waals surface area contributed by atoms with Gasteiger partial charge in [-0.05, 0) is 13.0 Å². The van der Waals surface area contributed by atoms with Gasteiger partial charge in [0.25, 0.3) is 0 Å². The molecule has 1 rings (SSSR count). The molecule has 0 spiro atoms. The van der Waals surface area contributed by atoms with E-state index in [9.17, 15) is 26.3 Å². The molecule has 1 saturated heterocycles. The van der Waals surface area contributed by atoms with Crippen LogP contribution in [0.1, 0.15) is 6.42 Å². The first-order valence-corrected chi connectivity index (χ1v) is 5.68. The van der Waals surface area contributed by atoms with Crippen LogP contribution < -0.4 is 0 Å². The topological polar surface area (TPSA) is 32.7 Å². The van der Waals surface area contributed by atoms with E-state index in [1.807, 2.05) is 0 Å². The summed E-state index contributed by atoms with van der Waals surface area (Å²) >= 11 is 0. The summed E-state index contributed by atoms with van der Waals surface area (Å²) in [6.45, 7) is -1.63. The molecule has 0 radical (unpaired) electrons. The number of aliphatic hydroxyl groups excluding tert-OH is 1. The van der Waals surface area contributed by atoms with Gasteiger partial charge in [-0.25, -0.2) is 0 Å². The molecule has 19 heavy (non-hydrogen) atoms. The highest BCUT2D eigenvalue weighted by Gasteiger charge is 2.72. The van der Waals surface area contributed by atoms with Crippen LogP contribution in [0.2, 0.25) is 0 Å². The molecule has 0 aromatic rings. The zero-order chi connectivity index (χ0) is 14.7. The number of rotatable bonds is 5. The van der Waals surface area contributed by atoms with Crippen molar-refractivity contribution in [3.63, 3.8) is 0 Å². The van der Waals surface area contributed by atoms with E-state index >= 15 is 0 Å². The number of alkyl halides is 6. The molecule has 3 nitrogen and oxygen atoms in total. The summed E-state index contributed by atoms with van der Waals surface area (Å²) in [7, 11) is 0. The number of ether oxygens (including phenoxy) is 1. The average Bonchev–Trinajstić information content (AvgIpc) is 2.68. The molecule has 1 N–H and O–H groups in total. The summed E-state index contributed by atoms with van der Waals surface area (Å²) in [4.78, 5) is 1.08. The fraction of sp³-hybridized carbons (Fsp3) is 1.00. The average molecular weight is 295 g/mol.